The number of hydrogen-bond donors (Lipinski definition) is 2. The van der Waals surface area contributed by atoms with Crippen LogP contribution in [0.25, 0.3) is 0 Å². The van der Waals surface area contributed by atoms with Crippen molar-refractivity contribution >= 4 is 11.8 Å². The van der Waals surface area contributed by atoms with E-state index < -0.39 is 0 Å². The van der Waals surface area contributed by atoms with Crippen molar-refractivity contribution in [3.63, 3.8) is 0 Å². The number of aryl methyl sites for hydroxylation is 1. The van der Waals surface area contributed by atoms with Crippen molar-refractivity contribution in [3.8, 4) is 0 Å². The van der Waals surface area contributed by atoms with Crippen LogP contribution < -0.4 is 11.3 Å². The lowest BCUT2D eigenvalue weighted by Gasteiger charge is -2.31. The highest BCUT2D eigenvalue weighted by Crippen LogP contribution is 2.36. The van der Waals surface area contributed by atoms with Gasteiger partial charge in [-0.1, -0.05) is 18.9 Å². The molecule has 3 N–H and O–H groups in total. The zero-order valence-corrected chi connectivity index (χ0v) is 12.9. The van der Waals surface area contributed by atoms with Gasteiger partial charge in [-0.05, 0) is 43.7 Å². The number of rotatable bonds is 5. The van der Waals surface area contributed by atoms with E-state index in [-0.39, 0.29) is 0 Å². The summed E-state index contributed by atoms with van der Waals surface area (Å²) in [5.41, 5.74) is 5.79. The standard InChI is InChI=1S/C16H25N3S/c17-19-15(11-20-13-7-1-2-8-13)14-9-3-5-12-6-4-10-18-16(12)14/h4,6,10,13-15,19H,1-3,5,7-9,11,17H2. The van der Waals surface area contributed by atoms with Crippen LogP contribution in [0, 0.1) is 0 Å². The molecular formula is C16H25N3S. The van der Waals surface area contributed by atoms with Gasteiger partial charge in [0.1, 0.15) is 0 Å². The molecule has 0 amide bonds. The van der Waals surface area contributed by atoms with E-state index in [1.807, 2.05) is 6.20 Å². The molecule has 1 saturated carbocycles. The first-order valence-electron chi connectivity index (χ1n) is 7.90. The van der Waals surface area contributed by atoms with E-state index in [2.05, 4.69) is 34.3 Å². The fraction of sp³-hybridized carbons (Fsp3) is 0.688. The van der Waals surface area contributed by atoms with E-state index in [1.165, 1.54) is 56.2 Å². The molecule has 20 heavy (non-hydrogen) atoms. The van der Waals surface area contributed by atoms with Crippen LogP contribution in [0.15, 0.2) is 18.3 Å². The van der Waals surface area contributed by atoms with Crippen molar-refractivity contribution < 1.29 is 0 Å². The number of thioether (sulfide) groups is 1. The van der Waals surface area contributed by atoms with Crippen LogP contribution in [0.2, 0.25) is 0 Å². The molecular weight excluding hydrogens is 266 g/mol. The number of hydrazine groups is 1. The van der Waals surface area contributed by atoms with E-state index in [4.69, 9.17) is 5.84 Å². The summed E-state index contributed by atoms with van der Waals surface area (Å²) in [6.45, 7) is 0. The molecule has 3 rings (SSSR count). The zero-order chi connectivity index (χ0) is 13.8. The molecule has 4 heteroatoms. The number of nitrogens with two attached hydrogens (primary N) is 1. The molecule has 0 saturated heterocycles. The molecule has 2 aliphatic carbocycles. The van der Waals surface area contributed by atoms with Crippen molar-refractivity contribution in [2.24, 2.45) is 5.84 Å². The van der Waals surface area contributed by atoms with Crippen LogP contribution in [-0.4, -0.2) is 22.0 Å². The molecule has 2 atom stereocenters. The Morgan fingerprint density at radius 1 is 1.30 bits per heavy atom. The first-order chi connectivity index (χ1) is 9.88. The molecule has 1 heterocycles. The molecule has 110 valence electrons. The Hall–Kier alpha value is -0.580. The maximum absolute atomic E-state index is 5.85. The summed E-state index contributed by atoms with van der Waals surface area (Å²) in [6, 6.07) is 4.64. The van der Waals surface area contributed by atoms with Gasteiger partial charge in [-0.15, -0.1) is 0 Å². The summed E-state index contributed by atoms with van der Waals surface area (Å²) in [5, 5.41) is 0.859. The van der Waals surface area contributed by atoms with E-state index >= 15 is 0 Å². The Labute approximate surface area is 126 Å². The fourth-order valence-electron chi connectivity index (χ4n) is 3.61. The van der Waals surface area contributed by atoms with E-state index in [0.717, 1.165) is 11.0 Å². The predicted molar refractivity (Wildman–Crippen MR) is 85.7 cm³/mol. The van der Waals surface area contributed by atoms with Gasteiger partial charge in [0, 0.05) is 34.9 Å². The topological polar surface area (TPSA) is 50.9 Å². The lowest BCUT2D eigenvalue weighted by Crippen LogP contribution is -2.43. The summed E-state index contributed by atoms with van der Waals surface area (Å²) >= 11 is 2.11. The highest BCUT2D eigenvalue weighted by molar-refractivity contribution is 7.99. The molecule has 0 spiro atoms. The summed E-state index contributed by atoms with van der Waals surface area (Å²) < 4.78 is 0. The second kappa shape index (κ2) is 6.92. The van der Waals surface area contributed by atoms with Crippen molar-refractivity contribution in [2.45, 2.75) is 62.2 Å². The van der Waals surface area contributed by atoms with Crippen LogP contribution in [0.4, 0.5) is 0 Å². The molecule has 0 radical (unpaired) electrons. The van der Waals surface area contributed by atoms with Crippen LogP contribution in [0.1, 0.15) is 55.7 Å². The smallest absolute Gasteiger partial charge is 0.0482 e. The fourth-order valence-corrected chi connectivity index (χ4v) is 5.09. The number of hydrogen-bond acceptors (Lipinski definition) is 4. The molecule has 0 aromatic carbocycles. The Balaban J connectivity index is 1.66. The third kappa shape index (κ3) is 3.18. The van der Waals surface area contributed by atoms with Crippen molar-refractivity contribution in [1.82, 2.24) is 10.4 Å². The minimum absolute atomic E-state index is 0.356. The minimum Gasteiger partial charge on any atom is -0.271 e. The van der Waals surface area contributed by atoms with Gasteiger partial charge in [0.2, 0.25) is 0 Å². The molecule has 2 aliphatic rings. The van der Waals surface area contributed by atoms with Crippen molar-refractivity contribution in [3.05, 3.63) is 29.6 Å². The van der Waals surface area contributed by atoms with Crippen molar-refractivity contribution in [2.75, 3.05) is 5.75 Å². The van der Waals surface area contributed by atoms with Gasteiger partial charge in [-0.3, -0.25) is 16.3 Å². The third-order valence-corrected chi connectivity index (χ3v) is 6.25. The van der Waals surface area contributed by atoms with E-state index in [9.17, 15) is 0 Å². The molecule has 2 unspecified atom stereocenters. The highest BCUT2D eigenvalue weighted by Gasteiger charge is 2.29. The van der Waals surface area contributed by atoms with E-state index in [1.54, 1.807) is 0 Å². The van der Waals surface area contributed by atoms with Crippen LogP contribution in [0.3, 0.4) is 0 Å². The number of pyridine rings is 1. The maximum Gasteiger partial charge on any atom is 0.0482 e. The average molecular weight is 291 g/mol. The summed E-state index contributed by atoms with van der Waals surface area (Å²) in [4.78, 5) is 4.64. The lowest BCUT2D eigenvalue weighted by molar-refractivity contribution is 0.417. The lowest BCUT2D eigenvalue weighted by atomic mass is 9.83. The van der Waals surface area contributed by atoms with Gasteiger partial charge < -0.3 is 0 Å². The minimum atomic E-state index is 0.356. The Bertz CT molecular complexity index is 431. The Kier molecular flexibility index (Phi) is 4.97. The highest BCUT2D eigenvalue weighted by atomic mass is 32.2. The monoisotopic (exact) mass is 291 g/mol. The summed E-state index contributed by atoms with van der Waals surface area (Å²) in [7, 11) is 0. The molecule has 3 nitrogen and oxygen atoms in total. The van der Waals surface area contributed by atoms with Crippen LogP contribution in [0.5, 0.6) is 0 Å². The third-order valence-electron chi connectivity index (χ3n) is 4.75. The van der Waals surface area contributed by atoms with Crippen molar-refractivity contribution in [1.29, 1.82) is 0 Å². The quantitative estimate of drug-likeness (QED) is 0.647. The molecule has 1 aromatic rings. The Morgan fingerprint density at radius 2 is 2.15 bits per heavy atom. The maximum atomic E-state index is 5.85. The molecule has 1 aromatic heterocycles. The summed E-state index contributed by atoms with van der Waals surface area (Å²) in [6.07, 6.45) is 11.2. The Morgan fingerprint density at radius 3 is 2.95 bits per heavy atom. The number of aromatic nitrogens is 1. The average Bonchev–Trinajstić information content (AvgIpc) is 3.01. The van der Waals surface area contributed by atoms with Gasteiger partial charge in [-0.2, -0.15) is 11.8 Å². The van der Waals surface area contributed by atoms with Crippen LogP contribution in [-0.2, 0) is 6.42 Å². The predicted octanol–water partition coefficient (Wildman–Crippen LogP) is 3.01. The van der Waals surface area contributed by atoms with Gasteiger partial charge in [0.15, 0.2) is 0 Å². The zero-order valence-electron chi connectivity index (χ0n) is 12.1. The largest absolute Gasteiger partial charge is 0.271 e. The first-order valence-corrected chi connectivity index (χ1v) is 8.95. The van der Waals surface area contributed by atoms with Gasteiger partial charge in [0.25, 0.3) is 0 Å². The van der Waals surface area contributed by atoms with Gasteiger partial charge in [0.05, 0.1) is 0 Å². The first kappa shape index (κ1) is 14.4. The number of nitrogens with one attached hydrogen (secondary N) is 1. The number of fused-ring (bicyclic) bond motifs is 1. The van der Waals surface area contributed by atoms with E-state index in [0.29, 0.717) is 12.0 Å². The van der Waals surface area contributed by atoms with Gasteiger partial charge >= 0.3 is 0 Å². The second-order valence-electron chi connectivity index (χ2n) is 6.06. The summed E-state index contributed by atoms with van der Waals surface area (Å²) in [5.74, 6) is 7.45. The van der Waals surface area contributed by atoms with Crippen LogP contribution >= 0.6 is 11.8 Å². The molecule has 0 aliphatic heterocycles. The molecule has 0 bridgehead atoms. The SMILES string of the molecule is NNC(CSC1CCCC1)C1CCCc2cccnc21. The van der Waals surface area contributed by atoms with Gasteiger partial charge in [-0.25, -0.2) is 0 Å². The normalized spacial score (nSPS) is 24.6. The second-order valence-corrected chi connectivity index (χ2v) is 7.39. The number of nitrogens with zero attached hydrogens (tertiary/aromatic N) is 1. The molecule has 1 fully saturated rings.